The van der Waals surface area contributed by atoms with Gasteiger partial charge in [0.2, 0.25) is 11.9 Å². The van der Waals surface area contributed by atoms with Crippen LogP contribution in [0.2, 0.25) is 0 Å². The monoisotopic (exact) mass is 359 g/mol. The molecule has 2 fully saturated rings. The molecule has 0 saturated carbocycles. The van der Waals surface area contributed by atoms with Gasteiger partial charge in [-0.2, -0.15) is 0 Å². The lowest BCUT2D eigenvalue weighted by atomic mass is 9.69. The summed E-state index contributed by atoms with van der Waals surface area (Å²) in [5.74, 6) is 1.61. The minimum Gasteiger partial charge on any atom is -0.347 e. The van der Waals surface area contributed by atoms with Gasteiger partial charge in [-0.15, -0.1) is 0 Å². The summed E-state index contributed by atoms with van der Waals surface area (Å²) in [7, 11) is 5.87. The largest absolute Gasteiger partial charge is 0.347 e. The van der Waals surface area contributed by atoms with Gasteiger partial charge < -0.3 is 9.80 Å². The van der Waals surface area contributed by atoms with E-state index in [1.807, 2.05) is 43.3 Å². The van der Waals surface area contributed by atoms with Gasteiger partial charge in [-0.3, -0.25) is 9.69 Å². The highest BCUT2D eigenvalue weighted by Crippen LogP contribution is 2.42. The molecule has 1 aromatic rings. The van der Waals surface area contributed by atoms with Crippen LogP contribution in [0, 0.1) is 11.3 Å². The predicted octanol–water partition coefficient (Wildman–Crippen LogP) is 2.40. The third-order valence-electron chi connectivity index (χ3n) is 6.26. The molecule has 1 aromatic heterocycles. The number of likely N-dealkylation sites (tertiary alicyclic amines) is 2. The number of aromatic nitrogens is 2. The van der Waals surface area contributed by atoms with Gasteiger partial charge >= 0.3 is 0 Å². The molecule has 3 rings (SSSR count). The predicted molar refractivity (Wildman–Crippen MR) is 104 cm³/mol. The second-order valence-corrected chi connectivity index (χ2v) is 8.44. The first-order valence-corrected chi connectivity index (χ1v) is 9.86. The minimum atomic E-state index is -0.173. The molecule has 0 N–H and O–H groups in total. The zero-order valence-electron chi connectivity index (χ0n) is 16.7. The molecule has 144 valence electrons. The van der Waals surface area contributed by atoms with E-state index in [2.05, 4.69) is 21.8 Å². The summed E-state index contributed by atoms with van der Waals surface area (Å²) in [4.78, 5) is 28.1. The summed E-state index contributed by atoms with van der Waals surface area (Å²) < 4.78 is 0. The van der Waals surface area contributed by atoms with Crippen molar-refractivity contribution >= 4 is 11.9 Å². The van der Waals surface area contributed by atoms with E-state index in [1.54, 1.807) is 0 Å². The van der Waals surface area contributed by atoms with Crippen molar-refractivity contribution in [1.29, 1.82) is 0 Å². The van der Waals surface area contributed by atoms with Crippen LogP contribution in [0.4, 0.5) is 5.95 Å². The molecule has 2 aliphatic rings. The quantitative estimate of drug-likeness (QED) is 0.826. The SMILES string of the molecule is CN1CCCCC(C)(C2CCN(Cc3cnc(N(C)C)nc3)CC2)C1=O. The van der Waals surface area contributed by atoms with Crippen LogP contribution in [-0.2, 0) is 11.3 Å². The second-order valence-electron chi connectivity index (χ2n) is 8.44. The Bertz CT molecular complexity index is 609. The van der Waals surface area contributed by atoms with Crippen molar-refractivity contribution in [2.75, 3.05) is 45.7 Å². The summed E-state index contributed by atoms with van der Waals surface area (Å²) in [6, 6.07) is 0. The first kappa shape index (κ1) is 19.1. The van der Waals surface area contributed by atoms with E-state index in [1.165, 1.54) is 6.42 Å². The van der Waals surface area contributed by atoms with E-state index >= 15 is 0 Å². The van der Waals surface area contributed by atoms with Crippen LogP contribution in [0.3, 0.4) is 0 Å². The third kappa shape index (κ3) is 4.00. The Morgan fingerprint density at radius 3 is 2.42 bits per heavy atom. The van der Waals surface area contributed by atoms with Crippen LogP contribution >= 0.6 is 0 Å². The first-order valence-electron chi connectivity index (χ1n) is 9.86. The smallest absolute Gasteiger partial charge is 0.228 e. The summed E-state index contributed by atoms with van der Waals surface area (Å²) in [5.41, 5.74) is 0.985. The molecular weight excluding hydrogens is 326 g/mol. The van der Waals surface area contributed by atoms with Crippen LogP contribution in [0.5, 0.6) is 0 Å². The Kier molecular flexibility index (Phi) is 5.80. The molecule has 1 unspecified atom stereocenters. The normalized spacial score (nSPS) is 26.0. The highest BCUT2D eigenvalue weighted by atomic mass is 16.2. The van der Waals surface area contributed by atoms with E-state index in [4.69, 9.17) is 0 Å². The summed E-state index contributed by atoms with van der Waals surface area (Å²) in [5, 5.41) is 0. The third-order valence-corrected chi connectivity index (χ3v) is 6.26. The van der Waals surface area contributed by atoms with Crippen molar-refractivity contribution in [2.45, 2.75) is 45.6 Å². The highest BCUT2D eigenvalue weighted by molar-refractivity contribution is 5.82. The number of piperidine rings is 1. The molecule has 0 radical (unpaired) electrons. The topological polar surface area (TPSA) is 52.6 Å². The molecule has 26 heavy (non-hydrogen) atoms. The molecule has 0 aliphatic carbocycles. The molecule has 6 heteroatoms. The number of rotatable bonds is 4. The van der Waals surface area contributed by atoms with Crippen LogP contribution in [0.15, 0.2) is 12.4 Å². The Morgan fingerprint density at radius 1 is 1.15 bits per heavy atom. The van der Waals surface area contributed by atoms with Crippen LogP contribution in [0.25, 0.3) is 0 Å². The zero-order chi connectivity index (χ0) is 18.7. The molecule has 1 atom stereocenters. The molecule has 0 aromatic carbocycles. The van der Waals surface area contributed by atoms with E-state index in [9.17, 15) is 4.79 Å². The minimum absolute atomic E-state index is 0.173. The fraction of sp³-hybridized carbons (Fsp3) is 0.750. The lowest BCUT2D eigenvalue weighted by Crippen LogP contribution is -2.47. The van der Waals surface area contributed by atoms with Gasteiger partial charge in [-0.05, 0) is 44.7 Å². The zero-order valence-corrected chi connectivity index (χ0v) is 16.7. The van der Waals surface area contributed by atoms with Crippen molar-refractivity contribution < 1.29 is 4.79 Å². The fourth-order valence-corrected chi connectivity index (χ4v) is 4.51. The van der Waals surface area contributed by atoms with Gasteiger partial charge in [0.05, 0.1) is 0 Å². The second kappa shape index (κ2) is 7.91. The van der Waals surface area contributed by atoms with Crippen molar-refractivity contribution in [3.05, 3.63) is 18.0 Å². The summed E-state index contributed by atoms with van der Waals surface area (Å²) >= 11 is 0. The van der Waals surface area contributed by atoms with Crippen molar-refractivity contribution in [2.24, 2.45) is 11.3 Å². The average molecular weight is 360 g/mol. The van der Waals surface area contributed by atoms with Gasteiger partial charge in [0.1, 0.15) is 0 Å². The lowest BCUT2D eigenvalue weighted by molar-refractivity contribution is -0.143. The number of nitrogens with zero attached hydrogens (tertiary/aromatic N) is 5. The van der Waals surface area contributed by atoms with Crippen molar-refractivity contribution in [1.82, 2.24) is 19.8 Å². The number of hydrogen-bond donors (Lipinski definition) is 0. The molecule has 2 saturated heterocycles. The standard InChI is InChI=1S/C20H33N5O/c1-20(9-5-6-10-24(4)18(20)26)17-7-11-25(12-8-17)15-16-13-21-19(22-14-16)23(2)3/h13-14,17H,5-12,15H2,1-4H3. The Balaban J connectivity index is 1.57. The van der Waals surface area contributed by atoms with Gasteiger partial charge in [0, 0.05) is 57.6 Å². The van der Waals surface area contributed by atoms with E-state index < -0.39 is 0 Å². The maximum absolute atomic E-state index is 12.9. The van der Waals surface area contributed by atoms with Crippen molar-refractivity contribution in [3.63, 3.8) is 0 Å². The molecule has 2 aliphatic heterocycles. The van der Waals surface area contributed by atoms with Gasteiger partial charge in [-0.25, -0.2) is 9.97 Å². The van der Waals surface area contributed by atoms with Crippen LogP contribution < -0.4 is 4.90 Å². The van der Waals surface area contributed by atoms with Crippen LogP contribution in [0.1, 0.15) is 44.6 Å². The summed E-state index contributed by atoms with van der Waals surface area (Å²) in [6.07, 6.45) is 9.42. The van der Waals surface area contributed by atoms with Gasteiger partial charge in [0.25, 0.3) is 0 Å². The van der Waals surface area contributed by atoms with E-state index in [-0.39, 0.29) is 5.41 Å². The number of carbonyl (C=O) groups is 1. The Labute approximate surface area is 157 Å². The van der Waals surface area contributed by atoms with Crippen molar-refractivity contribution in [3.8, 4) is 0 Å². The van der Waals surface area contributed by atoms with E-state index in [0.29, 0.717) is 11.8 Å². The summed E-state index contributed by atoms with van der Waals surface area (Å²) in [6.45, 7) is 6.12. The molecule has 1 amide bonds. The number of anilines is 1. The Hall–Kier alpha value is -1.69. The lowest BCUT2D eigenvalue weighted by Gasteiger charge is -2.42. The van der Waals surface area contributed by atoms with Crippen LogP contribution in [-0.4, -0.2) is 66.5 Å². The van der Waals surface area contributed by atoms with Gasteiger partial charge in [-0.1, -0.05) is 13.3 Å². The molecule has 6 nitrogen and oxygen atoms in total. The number of amides is 1. The molecular formula is C20H33N5O. The highest BCUT2D eigenvalue weighted by Gasteiger charge is 2.44. The molecule has 0 bridgehead atoms. The van der Waals surface area contributed by atoms with E-state index in [0.717, 1.165) is 63.4 Å². The maximum Gasteiger partial charge on any atom is 0.228 e. The fourth-order valence-electron chi connectivity index (χ4n) is 4.51. The number of carbonyl (C=O) groups excluding carboxylic acids is 1. The molecule has 3 heterocycles. The maximum atomic E-state index is 12.9. The first-order chi connectivity index (χ1) is 12.4. The molecule has 0 spiro atoms. The average Bonchev–Trinajstić information content (AvgIpc) is 2.77. The van der Waals surface area contributed by atoms with Gasteiger partial charge in [0.15, 0.2) is 0 Å². The Morgan fingerprint density at radius 2 is 1.81 bits per heavy atom. The number of hydrogen-bond acceptors (Lipinski definition) is 5.